The number of carbonyl (C=O) groups is 2. The van der Waals surface area contributed by atoms with Crippen LogP contribution < -0.4 is 0 Å². The molecule has 0 unspecified atom stereocenters. The fourth-order valence-corrected chi connectivity index (χ4v) is 10.3. The van der Waals surface area contributed by atoms with Gasteiger partial charge in [-0.1, -0.05) is 105 Å². The molecule has 9 heteroatoms. The summed E-state index contributed by atoms with van der Waals surface area (Å²) >= 11 is 0. The van der Waals surface area contributed by atoms with Gasteiger partial charge in [-0.3, -0.25) is 9.59 Å². The molecule has 51 heavy (non-hydrogen) atoms. The van der Waals surface area contributed by atoms with Gasteiger partial charge >= 0.3 is 5.97 Å². The highest BCUT2D eigenvalue weighted by Gasteiger charge is 2.40. The molecule has 0 aromatic carbocycles. The first-order valence-electron chi connectivity index (χ1n) is 19.8. The highest BCUT2D eigenvalue weighted by Crippen LogP contribution is 2.40. The summed E-state index contributed by atoms with van der Waals surface area (Å²) in [6.45, 7) is 42.2. The van der Waals surface area contributed by atoms with Crippen molar-refractivity contribution in [1.29, 1.82) is 0 Å². The SMILES string of the molecule is C=C[C@H](O[Si](C)(C)C(C)(C)C)[C@@H](C)C=C[C@H](C)C[C@@H](CCCC(=O)C[C@H]1C/C(=C\[Si](C)(C)C)C[C@@H](CC(=O)OC(C)C)O1)O[Si](C)(C)C(C)(C)C. The summed E-state index contributed by atoms with van der Waals surface area (Å²) in [7, 11) is -5.41. The van der Waals surface area contributed by atoms with Gasteiger partial charge in [0, 0.05) is 24.9 Å². The molecule has 1 saturated heterocycles. The van der Waals surface area contributed by atoms with Crippen LogP contribution >= 0.6 is 0 Å². The number of carbonyl (C=O) groups excluding carboxylic acids is 2. The number of ketones is 1. The Hall–Kier alpha value is -1.11. The predicted octanol–water partition coefficient (Wildman–Crippen LogP) is 12.0. The zero-order chi connectivity index (χ0) is 39.6. The molecule has 0 aromatic heterocycles. The maximum absolute atomic E-state index is 13.4. The average molecular weight is 765 g/mol. The Morgan fingerprint density at radius 2 is 1.37 bits per heavy atom. The van der Waals surface area contributed by atoms with Crippen LogP contribution in [0.3, 0.4) is 0 Å². The number of esters is 1. The first-order valence-corrected chi connectivity index (χ1v) is 29.2. The summed E-state index contributed by atoms with van der Waals surface area (Å²) in [4.78, 5) is 25.9. The van der Waals surface area contributed by atoms with E-state index < -0.39 is 24.7 Å². The number of hydrogen-bond acceptors (Lipinski definition) is 6. The van der Waals surface area contributed by atoms with Crippen LogP contribution in [0, 0.1) is 11.8 Å². The molecule has 0 radical (unpaired) electrons. The van der Waals surface area contributed by atoms with Crippen LogP contribution in [0.5, 0.6) is 0 Å². The molecule has 1 aliphatic heterocycles. The minimum Gasteiger partial charge on any atom is -0.463 e. The molecule has 0 saturated carbocycles. The van der Waals surface area contributed by atoms with E-state index in [9.17, 15) is 9.59 Å². The number of Topliss-reactive ketones (excluding diaryl/α,β-unsaturated/α-hetero) is 1. The fourth-order valence-electron chi connectivity index (χ4n) is 6.06. The van der Waals surface area contributed by atoms with Crippen LogP contribution in [0.15, 0.2) is 36.1 Å². The third-order valence-corrected chi connectivity index (χ3v) is 21.1. The Morgan fingerprint density at radius 1 is 0.843 bits per heavy atom. The molecule has 0 amide bonds. The summed E-state index contributed by atoms with van der Waals surface area (Å²) < 4.78 is 25.5. The zero-order valence-corrected chi connectivity index (χ0v) is 39.2. The standard InChI is InChI=1S/C42H80O6Si3/c1-19-39(48-51(17,18)42(9,10)11)33(5)24-23-32(4)25-36(47-50(15,16)41(6,7)8)22-20-21-35(43)28-37-26-34(30-49(12,13)14)27-38(46-37)29-40(44)45-31(2)3/h19,23-24,30-33,36-39H,1,20-22,25-29H2,2-18H3/b24-23?,34-30+/t32-,33-,36+,37+,38-,39-/m0/s1. The van der Waals surface area contributed by atoms with Gasteiger partial charge in [0.15, 0.2) is 16.6 Å². The molecular weight excluding hydrogens is 685 g/mol. The molecule has 296 valence electrons. The van der Waals surface area contributed by atoms with Crippen LogP contribution in [-0.4, -0.2) is 67.0 Å². The Kier molecular flexibility index (Phi) is 18.8. The number of rotatable bonds is 20. The lowest BCUT2D eigenvalue weighted by molar-refractivity contribution is -0.152. The van der Waals surface area contributed by atoms with Crippen molar-refractivity contribution >= 4 is 36.5 Å². The Morgan fingerprint density at radius 3 is 1.86 bits per heavy atom. The summed E-state index contributed by atoms with van der Waals surface area (Å²) in [5.74, 6) is 0.534. The van der Waals surface area contributed by atoms with Crippen molar-refractivity contribution in [2.45, 2.75) is 207 Å². The van der Waals surface area contributed by atoms with Crippen molar-refractivity contribution in [3.8, 4) is 0 Å². The summed E-state index contributed by atoms with van der Waals surface area (Å²) in [6.07, 6.45) is 11.2. The predicted molar refractivity (Wildman–Crippen MR) is 225 cm³/mol. The Bertz CT molecular complexity index is 1170. The monoisotopic (exact) mass is 765 g/mol. The Balaban J connectivity index is 2.98. The topological polar surface area (TPSA) is 71.1 Å². The molecule has 6 nitrogen and oxygen atoms in total. The minimum atomic E-state index is -2.02. The smallest absolute Gasteiger partial charge is 0.308 e. The van der Waals surface area contributed by atoms with Crippen molar-refractivity contribution in [2.75, 3.05) is 0 Å². The van der Waals surface area contributed by atoms with Gasteiger partial charge in [0.25, 0.3) is 0 Å². The first-order chi connectivity index (χ1) is 23.0. The number of allylic oxidation sites excluding steroid dienone is 1. The lowest BCUT2D eigenvalue weighted by atomic mass is 9.93. The van der Waals surface area contributed by atoms with Crippen molar-refractivity contribution in [2.24, 2.45) is 11.8 Å². The second kappa shape index (κ2) is 20.0. The molecule has 0 N–H and O–H groups in total. The molecule has 1 rings (SSSR count). The van der Waals surface area contributed by atoms with Crippen molar-refractivity contribution in [3.05, 3.63) is 36.1 Å². The second-order valence-electron chi connectivity index (χ2n) is 19.9. The van der Waals surface area contributed by atoms with E-state index in [-0.39, 0.29) is 64.7 Å². The normalized spacial score (nSPS) is 21.5. The first kappa shape index (κ1) is 47.9. The van der Waals surface area contributed by atoms with E-state index >= 15 is 0 Å². The lowest BCUT2D eigenvalue weighted by Gasteiger charge is -2.40. The van der Waals surface area contributed by atoms with Crippen molar-refractivity contribution in [3.63, 3.8) is 0 Å². The van der Waals surface area contributed by atoms with Gasteiger partial charge in [-0.05, 0) is 88.1 Å². The largest absolute Gasteiger partial charge is 0.463 e. The second-order valence-corrected chi connectivity index (χ2v) is 34.4. The highest BCUT2D eigenvalue weighted by atomic mass is 28.4. The van der Waals surface area contributed by atoms with Gasteiger partial charge < -0.3 is 18.3 Å². The highest BCUT2D eigenvalue weighted by molar-refractivity contribution is 6.81. The maximum Gasteiger partial charge on any atom is 0.308 e. The maximum atomic E-state index is 13.4. The van der Waals surface area contributed by atoms with E-state index in [4.69, 9.17) is 18.3 Å². The van der Waals surface area contributed by atoms with Crippen molar-refractivity contribution < 1.29 is 27.9 Å². The van der Waals surface area contributed by atoms with E-state index in [1.165, 1.54) is 5.57 Å². The van der Waals surface area contributed by atoms with Gasteiger partial charge in [0.05, 0.1) is 38.9 Å². The van der Waals surface area contributed by atoms with E-state index in [1.54, 1.807) is 0 Å². The van der Waals surface area contributed by atoms with Crippen LogP contribution in [0.4, 0.5) is 0 Å². The minimum absolute atomic E-state index is 0.0148. The van der Waals surface area contributed by atoms with Gasteiger partial charge in [-0.2, -0.15) is 0 Å². The molecule has 1 heterocycles. The number of hydrogen-bond donors (Lipinski definition) is 0. The molecule has 1 fully saturated rings. The molecule has 1 aliphatic rings. The third kappa shape index (κ3) is 18.2. The third-order valence-electron chi connectivity index (χ3n) is 10.8. The van der Waals surface area contributed by atoms with Gasteiger partial charge in [0.1, 0.15) is 5.78 Å². The van der Waals surface area contributed by atoms with Gasteiger partial charge in [-0.15, -0.1) is 6.58 Å². The fraction of sp³-hybridized carbons (Fsp3) is 0.810. The summed E-state index contributed by atoms with van der Waals surface area (Å²) in [6, 6.07) is 0. The summed E-state index contributed by atoms with van der Waals surface area (Å²) in [5.41, 5.74) is 3.75. The van der Waals surface area contributed by atoms with E-state index in [2.05, 4.69) is 126 Å². The molecule has 0 spiro atoms. The summed E-state index contributed by atoms with van der Waals surface area (Å²) in [5, 5.41) is 0.244. The van der Waals surface area contributed by atoms with Gasteiger partial charge in [0.2, 0.25) is 0 Å². The zero-order valence-electron chi connectivity index (χ0n) is 36.2. The molecular formula is C42H80O6Si3. The molecule has 6 atom stereocenters. The van der Waals surface area contributed by atoms with Crippen LogP contribution in [0.25, 0.3) is 0 Å². The van der Waals surface area contributed by atoms with Crippen molar-refractivity contribution in [1.82, 2.24) is 0 Å². The average Bonchev–Trinajstić information content (AvgIpc) is 2.91. The van der Waals surface area contributed by atoms with E-state index in [1.807, 2.05) is 19.9 Å². The van der Waals surface area contributed by atoms with Crippen LogP contribution in [0.2, 0.25) is 55.9 Å². The molecule has 0 bridgehead atoms. The molecule has 0 aliphatic carbocycles. The molecule has 0 aromatic rings. The van der Waals surface area contributed by atoms with E-state index in [0.29, 0.717) is 18.8 Å². The van der Waals surface area contributed by atoms with E-state index in [0.717, 1.165) is 32.1 Å². The lowest BCUT2D eigenvalue weighted by Crippen LogP contribution is -2.44. The quantitative estimate of drug-likeness (QED) is 0.0698. The van der Waals surface area contributed by atoms with Crippen LogP contribution in [-0.2, 0) is 27.9 Å². The Labute approximate surface area is 318 Å². The number of ether oxygens (including phenoxy) is 2. The van der Waals surface area contributed by atoms with Crippen LogP contribution in [0.1, 0.15) is 121 Å². The van der Waals surface area contributed by atoms with Gasteiger partial charge in [-0.25, -0.2) is 0 Å².